The summed E-state index contributed by atoms with van der Waals surface area (Å²) in [5.74, 6) is 0.159. The van der Waals surface area contributed by atoms with Crippen LogP contribution in [0.1, 0.15) is 17.5 Å². The van der Waals surface area contributed by atoms with Gasteiger partial charge in [-0.05, 0) is 36.2 Å². The number of methoxy groups -OCH3 is 1. The summed E-state index contributed by atoms with van der Waals surface area (Å²) in [4.78, 5) is 14.1. The van der Waals surface area contributed by atoms with Gasteiger partial charge in [-0.15, -0.1) is 0 Å². The van der Waals surface area contributed by atoms with Crippen LogP contribution >= 0.6 is 0 Å². The first-order valence-electron chi connectivity index (χ1n) is 9.34. The number of halogens is 3. The third-order valence-electron chi connectivity index (χ3n) is 4.77. The number of para-hydroxylation sites is 1. The lowest BCUT2D eigenvalue weighted by atomic mass is 10.1. The summed E-state index contributed by atoms with van der Waals surface area (Å²) in [6.45, 7) is 2.01. The fraction of sp³-hybridized carbons (Fsp3) is 0.381. The Hall–Kier alpha value is -2.74. The van der Waals surface area contributed by atoms with E-state index in [1.54, 1.807) is 12.1 Å². The van der Waals surface area contributed by atoms with Gasteiger partial charge in [0.2, 0.25) is 5.91 Å². The Labute approximate surface area is 167 Å². The third kappa shape index (κ3) is 5.41. The zero-order valence-corrected chi connectivity index (χ0v) is 16.1. The van der Waals surface area contributed by atoms with Crippen LogP contribution in [0.25, 0.3) is 0 Å². The SMILES string of the molecule is COc1ccccc1CCC(=O)Nc1ccc(N2CCOCC2)cc1C(F)(F)F. The Bertz CT molecular complexity index is 849. The number of benzene rings is 2. The highest BCUT2D eigenvalue weighted by atomic mass is 19.4. The van der Waals surface area contributed by atoms with Gasteiger partial charge < -0.3 is 19.7 Å². The number of alkyl halides is 3. The zero-order valence-electron chi connectivity index (χ0n) is 16.1. The van der Waals surface area contributed by atoms with Crippen LogP contribution in [0.4, 0.5) is 24.5 Å². The molecule has 8 heteroatoms. The van der Waals surface area contributed by atoms with Gasteiger partial charge in [0.15, 0.2) is 0 Å². The lowest BCUT2D eigenvalue weighted by Gasteiger charge is -2.29. The number of nitrogens with zero attached hydrogens (tertiary/aromatic N) is 1. The van der Waals surface area contributed by atoms with Crippen molar-refractivity contribution in [3.05, 3.63) is 53.6 Å². The van der Waals surface area contributed by atoms with Crippen LogP contribution in [-0.2, 0) is 22.1 Å². The number of hydrogen-bond donors (Lipinski definition) is 1. The fourth-order valence-corrected chi connectivity index (χ4v) is 3.26. The lowest BCUT2D eigenvalue weighted by molar-refractivity contribution is -0.136. The molecule has 5 nitrogen and oxygen atoms in total. The monoisotopic (exact) mass is 408 g/mol. The van der Waals surface area contributed by atoms with Gasteiger partial charge in [-0.3, -0.25) is 4.79 Å². The van der Waals surface area contributed by atoms with Crippen LogP contribution < -0.4 is 15.0 Å². The van der Waals surface area contributed by atoms with Gasteiger partial charge >= 0.3 is 6.18 Å². The second-order valence-corrected chi connectivity index (χ2v) is 6.69. The Morgan fingerprint density at radius 3 is 2.59 bits per heavy atom. The minimum absolute atomic E-state index is 0.0445. The largest absolute Gasteiger partial charge is 0.496 e. The molecule has 0 atom stereocenters. The first-order chi connectivity index (χ1) is 13.9. The van der Waals surface area contributed by atoms with E-state index in [0.29, 0.717) is 44.2 Å². The molecule has 1 N–H and O–H groups in total. The number of morpholine rings is 1. The van der Waals surface area contributed by atoms with Crippen LogP contribution in [0.3, 0.4) is 0 Å². The molecule has 0 spiro atoms. The van der Waals surface area contributed by atoms with E-state index in [0.717, 1.165) is 11.6 Å². The van der Waals surface area contributed by atoms with Gasteiger partial charge in [-0.2, -0.15) is 13.2 Å². The van der Waals surface area contributed by atoms with E-state index < -0.39 is 17.6 Å². The highest BCUT2D eigenvalue weighted by Gasteiger charge is 2.34. The molecule has 29 heavy (non-hydrogen) atoms. The average molecular weight is 408 g/mol. The van der Waals surface area contributed by atoms with Crippen molar-refractivity contribution < 1.29 is 27.4 Å². The van der Waals surface area contributed by atoms with Crippen LogP contribution in [-0.4, -0.2) is 39.3 Å². The van der Waals surface area contributed by atoms with Crippen molar-refractivity contribution in [3.63, 3.8) is 0 Å². The van der Waals surface area contributed by atoms with Crippen molar-refractivity contribution in [1.29, 1.82) is 0 Å². The maximum atomic E-state index is 13.6. The van der Waals surface area contributed by atoms with Crippen molar-refractivity contribution in [3.8, 4) is 5.75 Å². The number of anilines is 2. The predicted molar refractivity (Wildman–Crippen MR) is 104 cm³/mol. The highest BCUT2D eigenvalue weighted by molar-refractivity contribution is 5.92. The number of carbonyl (C=O) groups excluding carboxylic acids is 1. The lowest BCUT2D eigenvalue weighted by Crippen LogP contribution is -2.36. The van der Waals surface area contributed by atoms with Gasteiger partial charge in [-0.25, -0.2) is 0 Å². The predicted octanol–water partition coefficient (Wildman–Crippen LogP) is 4.12. The fourth-order valence-electron chi connectivity index (χ4n) is 3.26. The van der Waals surface area contributed by atoms with E-state index >= 15 is 0 Å². The van der Waals surface area contributed by atoms with Crippen LogP contribution in [0, 0.1) is 0 Å². The highest BCUT2D eigenvalue weighted by Crippen LogP contribution is 2.37. The van der Waals surface area contributed by atoms with E-state index in [-0.39, 0.29) is 12.1 Å². The van der Waals surface area contributed by atoms with E-state index in [9.17, 15) is 18.0 Å². The number of ether oxygens (including phenoxy) is 2. The second-order valence-electron chi connectivity index (χ2n) is 6.69. The van der Waals surface area contributed by atoms with Gasteiger partial charge in [0.25, 0.3) is 0 Å². The van der Waals surface area contributed by atoms with Crippen molar-refractivity contribution >= 4 is 17.3 Å². The van der Waals surface area contributed by atoms with Crippen LogP contribution in [0.5, 0.6) is 5.75 Å². The van der Waals surface area contributed by atoms with Crippen LogP contribution in [0.2, 0.25) is 0 Å². The minimum Gasteiger partial charge on any atom is -0.496 e. The Morgan fingerprint density at radius 2 is 1.90 bits per heavy atom. The normalized spacial score (nSPS) is 14.6. The molecule has 0 bridgehead atoms. The molecule has 0 radical (unpaired) electrons. The van der Waals surface area contributed by atoms with E-state index in [4.69, 9.17) is 9.47 Å². The maximum Gasteiger partial charge on any atom is 0.418 e. The molecule has 1 amide bonds. The number of carbonyl (C=O) groups is 1. The molecule has 3 rings (SSSR count). The summed E-state index contributed by atoms with van der Waals surface area (Å²) in [5, 5.41) is 2.41. The number of nitrogens with one attached hydrogen (secondary N) is 1. The molecule has 1 heterocycles. The summed E-state index contributed by atoms with van der Waals surface area (Å²) in [5.41, 5.74) is 0.197. The Morgan fingerprint density at radius 1 is 1.17 bits per heavy atom. The molecule has 0 saturated carbocycles. The number of rotatable bonds is 6. The van der Waals surface area contributed by atoms with Crippen molar-refractivity contribution in [1.82, 2.24) is 0 Å². The van der Waals surface area contributed by atoms with Crippen LogP contribution in [0.15, 0.2) is 42.5 Å². The number of hydrogen-bond acceptors (Lipinski definition) is 4. The molecular formula is C21H23F3N2O3. The standard InChI is InChI=1S/C21H23F3N2O3/c1-28-19-5-3-2-4-15(19)6-9-20(27)25-18-8-7-16(14-17(18)21(22,23)24)26-10-12-29-13-11-26/h2-5,7-8,14H,6,9-13H2,1H3,(H,25,27). The van der Waals surface area contributed by atoms with Gasteiger partial charge in [0.1, 0.15) is 5.75 Å². The van der Waals surface area contributed by atoms with E-state index in [2.05, 4.69) is 5.32 Å². The third-order valence-corrected chi connectivity index (χ3v) is 4.77. The van der Waals surface area contributed by atoms with Gasteiger partial charge in [0.05, 0.1) is 31.6 Å². The molecule has 2 aromatic carbocycles. The Kier molecular flexibility index (Phi) is 6.64. The summed E-state index contributed by atoms with van der Waals surface area (Å²) in [6, 6.07) is 11.2. The van der Waals surface area contributed by atoms with Crippen molar-refractivity contribution in [2.45, 2.75) is 19.0 Å². The first kappa shape index (κ1) is 21.0. The molecule has 1 fully saturated rings. The van der Waals surface area contributed by atoms with Gasteiger partial charge in [-0.1, -0.05) is 18.2 Å². The number of aryl methyl sites for hydroxylation is 1. The summed E-state index contributed by atoms with van der Waals surface area (Å²) in [7, 11) is 1.53. The first-order valence-corrected chi connectivity index (χ1v) is 9.34. The molecule has 1 aliphatic heterocycles. The molecule has 1 saturated heterocycles. The smallest absolute Gasteiger partial charge is 0.418 e. The average Bonchev–Trinajstić information content (AvgIpc) is 2.72. The van der Waals surface area contributed by atoms with Gasteiger partial charge in [0, 0.05) is 25.2 Å². The molecule has 156 valence electrons. The molecule has 0 aromatic heterocycles. The summed E-state index contributed by atoms with van der Waals surface area (Å²) >= 11 is 0. The summed E-state index contributed by atoms with van der Waals surface area (Å²) < 4.78 is 51.2. The maximum absolute atomic E-state index is 13.6. The summed E-state index contributed by atoms with van der Waals surface area (Å²) in [6.07, 6.45) is -4.17. The minimum atomic E-state index is -4.58. The van der Waals surface area contributed by atoms with Crippen molar-refractivity contribution in [2.75, 3.05) is 43.6 Å². The van der Waals surface area contributed by atoms with E-state index in [1.807, 2.05) is 23.1 Å². The molecule has 0 unspecified atom stereocenters. The number of amides is 1. The quantitative estimate of drug-likeness (QED) is 0.781. The molecule has 0 aliphatic carbocycles. The molecular weight excluding hydrogens is 385 g/mol. The zero-order chi connectivity index (χ0) is 20.9. The molecule has 1 aliphatic rings. The van der Waals surface area contributed by atoms with E-state index in [1.165, 1.54) is 13.2 Å². The second kappa shape index (κ2) is 9.17. The Balaban J connectivity index is 1.72. The molecule has 2 aromatic rings. The topological polar surface area (TPSA) is 50.8 Å². The van der Waals surface area contributed by atoms with Crippen molar-refractivity contribution in [2.24, 2.45) is 0 Å².